The van der Waals surface area contributed by atoms with Gasteiger partial charge in [0.05, 0.1) is 12.3 Å². The highest BCUT2D eigenvalue weighted by atomic mass is 16.7. The minimum atomic E-state index is -1.14. The van der Waals surface area contributed by atoms with Crippen LogP contribution >= 0.6 is 0 Å². The molecule has 1 aliphatic rings. The van der Waals surface area contributed by atoms with E-state index in [2.05, 4.69) is 5.16 Å². The maximum Gasteiger partial charge on any atom is 0.356 e. The number of hydrogen-bond acceptors (Lipinski definition) is 6. The number of hydrogen-bond donors (Lipinski definition) is 1. The molecule has 0 spiro atoms. The van der Waals surface area contributed by atoms with Crippen LogP contribution in [0.25, 0.3) is 0 Å². The lowest BCUT2D eigenvalue weighted by atomic mass is 9.98. The normalized spacial score (nSPS) is 23.8. The number of ether oxygens (including phenoxy) is 2. The molecule has 0 aliphatic carbocycles. The summed E-state index contributed by atoms with van der Waals surface area (Å²) >= 11 is 0. The fourth-order valence-corrected chi connectivity index (χ4v) is 1.43. The molecule has 0 fully saturated rings. The van der Waals surface area contributed by atoms with Gasteiger partial charge in [0.25, 0.3) is 5.60 Å². The van der Waals surface area contributed by atoms with Crippen molar-refractivity contribution in [2.45, 2.75) is 25.9 Å². The molecule has 0 saturated heterocycles. The molecule has 2 N–H and O–H groups in total. The molecule has 92 valence electrons. The molecular weight excluding hydrogens is 212 g/mol. The number of esters is 1. The smallest absolute Gasteiger partial charge is 0.356 e. The number of rotatable bonds is 6. The number of carbonyl (C=O) groups is 1. The van der Waals surface area contributed by atoms with Gasteiger partial charge in [-0.1, -0.05) is 5.16 Å². The summed E-state index contributed by atoms with van der Waals surface area (Å²) in [5.74, 6) is -0.448. The van der Waals surface area contributed by atoms with Crippen molar-refractivity contribution >= 4 is 11.7 Å². The second-order valence-corrected chi connectivity index (χ2v) is 3.48. The Morgan fingerprint density at radius 2 is 2.31 bits per heavy atom. The topological polar surface area (TPSA) is 83.1 Å². The first-order valence-corrected chi connectivity index (χ1v) is 5.37. The van der Waals surface area contributed by atoms with Crippen LogP contribution in [0.4, 0.5) is 0 Å². The zero-order chi connectivity index (χ0) is 12.0. The predicted molar refractivity (Wildman–Crippen MR) is 58.0 cm³/mol. The number of nitrogens with zero attached hydrogens (tertiary/aromatic N) is 1. The Bertz CT molecular complexity index is 280. The highest BCUT2D eigenvalue weighted by Gasteiger charge is 2.48. The van der Waals surface area contributed by atoms with Crippen LogP contribution in [-0.4, -0.2) is 43.6 Å². The third-order valence-corrected chi connectivity index (χ3v) is 2.26. The molecule has 0 bridgehead atoms. The Kier molecular flexibility index (Phi) is 4.70. The fraction of sp³-hybridized carbons (Fsp3) is 0.800. The van der Waals surface area contributed by atoms with Crippen molar-refractivity contribution in [3.8, 4) is 0 Å². The van der Waals surface area contributed by atoms with Crippen molar-refractivity contribution in [1.29, 1.82) is 0 Å². The number of carbonyl (C=O) groups excluding carboxylic acids is 1. The van der Waals surface area contributed by atoms with Crippen molar-refractivity contribution in [3.63, 3.8) is 0 Å². The highest BCUT2D eigenvalue weighted by Crippen LogP contribution is 2.26. The van der Waals surface area contributed by atoms with E-state index in [0.29, 0.717) is 25.3 Å². The standard InChI is InChI=1S/C10H18N2O4/c1-3-14-7-10(9(13)15-4-2)5-8(6-11)12-16-10/h3-7,11H2,1-2H3. The summed E-state index contributed by atoms with van der Waals surface area (Å²) in [4.78, 5) is 17.0. The summed E-state index contributed by atoms with van der Waals surface area (Å²) in [6.07, 6.45) is 0.336. The van der Waals surface area contributed by atoms with Crippen LogP contribution in [0, 0.1) is 0 Å². The zero-order valence-corrected chi connectivity index (χ0v) is 9.69. The highest BCUT2D eigenvalue weighted by molar-refractivity contribution is 5.94. The lowest BCUT2D eigenvalue weighted by molar-refractivity contribution is -0.176. The maximum absolute atomic E-state index is 11.8. The summed E-state index contributed by atoms with van der Waals surface area (Å²) in [6.45, 7) is 4.80. The van der Waals surface area contributed by atoms with Crippen LogP contribution in [0.1, 0.15) is 20.3 Å². The van der Waals surface area contributed by atoms with Crippen LogP contribution in [-0.2, 0) is 19.1 Å². The monoisotopic (exact) mass is 230 g/mol. The minimum Gasteiger partial charge on any atom is -0.463 e. The van der Waals surface area contributed by atoms with E-state index in [1.54, 1.807) is 6.92 Å². The third-order valence-electron chi connectivity index (χ3n) is 2.26. The Balaban J connectivity index is 2.68. The number of oxime groups is 1. The fourth-order valence-electron chi connectivity index (χ4n) is 1.43. The van der Waals surface area contributed by atoms with Crippen LogP contribution < -0.4 is 5.73 Å². The minimum absolute atomic E-state index is 0.134. The summed E-state index contributed by atoms with van der Waals surface area (Å²) in [5, 5.41) is 3.77. The molecule has 0 aromatic heterocycles. The van der Waals surface area contributed by atoms with E-state index in [0.717, 1.165) is 0 Å². The second-order valence-electron chi connectivity index (χ2n) is 3.48. The molecule has 6 nitrogen and oxygen atoms in total. The first kappa shape index (κ1) is 12.9. The van der Waals surface area contributed by atoms with Gasteiger partial charge in [-0.05, 0) is 13.8 Å². The van der Waals surface area contributed by atoms with E-state index in [-0.39, 0.29) is 13.2 Å². The van der Waals surface area contributed by atoms with Crippen LogP contribution in [0.15, 0.2) is 5.16 Å². The third kappa shape index (κ3) is 2.70. The van der Waals surface area contributed by atoms with E-state index in [1.807, 2.05) is 6.92 Å². The zero-order valence-electron chi connectivity index (χ0n) is 9.69. The van der Waals surface area contributed by atoms with Crippen molar-refractivity contribution in [1.82, 2.24) is 0 Å². The molecule has 0 aromatic rings. The van der Waals surface area contributed by atoms with E-state index in [9.17, 15) is 4.79 Å². The number of nitrogens with two attached hydrogens (primary N) is 1. The molecule has 6 heteroatoms. The van der Waals surface area contributed by atoms with Crippen molar-refractivity contribution < 1.29 is 19.1 Å². The lowest BCUT2D eigenvalue weighted by Crippen LogP contribution is -2.45. The molecular formula is C10H18N2O4. The first-order chi connectivity index (χ1) is 7.68. The molecule has 0 amide bonds. The Hall–Kier alpha value is -1.14. The van der Waals surface area contributed by atoms with Crippen molar-refractivity contribution in [3.05, 3.63) is 0 Å². The first-order valence-electron chi connectivity index (χ1n) is 5.37. The van der Waals surface area contributed by atoms with Gasteiger partial charge in [0.2, 0.25) is 0 Å². The maximum atomic E-state index is 11.8. The molecule has 1 unspecified atom stereocenters. The van der Waals surface area contributed by atoms with E-state index < -0.39 is 11.6 Å². The summed E-state index contributed by atoms with van der Waals surface area (Å²) in [6, 6.07) is 0. The molecule has 1 atom stereocenters. The van der Waals surface area contributed by atoms with Crippen molar-refractivity contribution in [2.75, 3.05) is 26.4 Å². The molecule has 1 heterocycles. The van der Waals surface area contributed by atoms with Crippen LogP contribution in [0.3, 0.4) is 0 Å². The van der Waals surface area contributed by atoms with Crippen LogP contribution in [0.5, 0.6) is 0 Å². The lowest BCUT2D eigenvalue weighted by Gasteiger charge is -2.23. The Morgan fingerprint density at radius 1 is 1.56 bits per heavy atom. The Morgan fingerprint density at radius 3 is 2.81 bits per heavy atom. The van der Waals surface area contributed by atoms with E-state index in [4.69, 9.17) is 20.0 Å². The molecule has 0 radical (unpaired) electrons. The summed E-state index contributed by atoms with van der Waals surface area (Å²) in [7, 11) is 0. The molecule has 0 saturated carbocycles. The van der Waals surface area contributed by atoms with Gasteiger partial charge in [0, 0.05) is 19.6 Å². The van der Waals surface area contributed by atoms with Gasteiger partial charge in [0.15, 0.2) is 0 Å². The van der Waals surface area contributed by atoms with E-state index >= 15 is 0 Å². The van der Waals surface area contributed by atoms with Gasteiger partial charge in [-0.25, -0.2) is 4.79 Å². The van der Waals surface area contributed by atoms with Gasteiger partial charge >= 0.3 is 5.97 Å². The molecule has 16 heavy (non-hydrogen) atoms. The van der Waals surface area contributed by atoms with Crippen molar-refractivity contribution in [2.24, 2.45) is 10.9 Å². The van der Waals surface area contributed by atoms with E-state index in [1.165, 1.54) is 0 Å². The average molecular weight is 230 g/mol. The average Bonchev–Trinajstić information content (AvgIpc) is 2.72. The quantitative estimate of drug-likeness (QED) is 0.652. The molecule has 0 aromatic carbocycles. The van der Waals surface area contributed by atoms with Gasteiger partial charge in [-0.3, -0.25) is 0 Å². The van der Waals surface area contributed by atoms with Gasteiger partial charge in [-0.2, -0.15) is 0 Å². The second kappa shape index (κ2) is 5.81. The summed E-state index contributed by atoms with van der Waals surface area (Å²) < 4.78 is 10.2. The van der Waals surface area contributed by atoms with Gasteiger partial charge < -0.3 is 20.0 Å². The van der Waals surface area contributed by atoms with Gasteiger partial charge in [-0.15, -0.1) is 0 Å². The molecule has 1 aliphatic heterocycles. The summed E-state index contributed by atoms with van der Waals surface area (Å²) in [5.41, 5.74) is 4.96. The van der Waals surface area contributed by atoms with Crippen LogP contribution in [0.2, 0.25) is 0 Å². The van der Waals surface area contributed by atoms with Gasteiger partial charge in [0.1, 0.15) is 6.61 Å². The SMILES string of the molecule is CCOCC1(C(=O)OCC)CC(CN)=NO1. The molecule has 1 rings (SSSR count). The Labute approximate surface area is 94.7 Å². The largest absolute Gasteiger partial charge is 0.463 e. The predicted octanol–water partition coefficient (Wildman–Crippen LogP) is 0.0598.